The predicted octanol–water partition coefficient (Wildman–Crippen LogP) is 3.46. The van der Waals surface area contributed by atoms with E-state index in [4.69, 9.17) is 4.74 Å². The predicted molar refractivity (Wildman–Crippen MR) is 103 cm³/mol. The number of hydrogen-bond donors (Lipinski definition) is 1. The van der Waals surface area contributed by atoms with Gasteiger partial charge in [-0.1, -0.05) is 31.0 Å². The van der Waals surface area contributed by atoms with Gasteiger partial charge in [-0.2, -0.15) is 0 Å². The molecule has 0 amide bonds. The number of fused-ring (bicyclic) bond motifs is 1. The van der Waals surface area contributed by atoms with Crippen molar-refractivity contribution in [1.82, 2.24) is 9.47 Å². The number of aliphatic hydroxyl groups is 1. The van der Waals surface area contributed by atoms with E-state index in [1.165, 1.54) is 30.2 Å². The Morgan fingerprint density at radius 3 is 2.76 bits per heavy atom. The Morgan fingerprint density at radius 1 is 1.08 bits per heavy atom. The van der Waals surface area contributed by atoms with Gasteiger partial charge >= 0.3 is 0 Å². The van der Waals surface area contributed by atoms with E-state index in [-0.39, 0.29) is 18.5 Å². The summed E-state index contributed by atoms with van der Waals surface area (Å²) in [5.41, 5.74) is 1.28. The summed E-state index contributed by atoms with van der Waals surface area (Å²) in [6, 6.07) is 11.2. The summed E-state index contributed by atoms with van der Waals surface area (Å²) in [7, 11) is 0. The van der Waals surface area contributed by atoms with Crippen molar-refractivity contribution in [3.8, 4) is 0 Å². The van der Waals surface area contributed by atoms with Crippen molar-refractivity contribution in [2.24, 2.45) is 0 Å². The van der Waals surface area contributed by atoms with Crippen LogP contribution >= 0.6 is 12.4 Å². The number of aliphatic hydroxyl groups excluding tert-OH is 1. The topological polar surface area (TPSA) is 37.6 Å². The summed E-state index contributed by atoms with van der Waals surface area (Å²) < 4.78 is 8.61. The Morgan fingerprint density at radius 2 is 1.92 bits per heavy atom. The Hall–Kier alpha value is -1.07. The first-order chi connectivity index (χ1) is 11.8. The van der Waals surface area contributed by atoms with Gasteiger partial charge in [0.2, 0.25) is 0 Å². The maximum absolute atomic E-state index is 9.83. The van der Waals surface area contributed by atoms with Crippen LogP contribution in [-0.4, -0.2) is 52.5 Å². The van der Waals surface area contributed by atoms with Crippen LogP contribution in [0.25, 0.3) is 10.9 Å². The molecule has 4 nitrogen and oxygen atoms in total. The number of rotatable bonds is 5. The molecule has 138 valence electrons. The molecule has 1 saturated carbocycles. The first kappa shape index (κ1) is 18.7. The number of aromatic nitrogens is 1. The normalized spacial score (nSPS) is 27.5. The number of β-amino-alcohol motifs (C(OH)–C–C–N with tert-alkyl or cyclic N) is 1. The van der Waals surface area contributed by atoms with E-state index in [1.807, 2.05) is 0 Å². The molecule has 25 heavy (non-hydrogen) atoms. The highest BCUT2D eigenvalue weighted by atomic mass is 35.5. The van der Waals surface area contributed by atoms with Crippen molar-refractivity contribution in [3.05, 3.63) is 36.5 Å². The molecule has 2 aliphatic rings. The standard InChI is InChI=1S/C20H28N2O2.ClH/c23-17-10-12-22(15-17)19-7-3-4-8-20(19)24-14-13-21-11-9-16-5-1-2-6-18(16)21;/h1-2,5-6,9,11,17,19-20,23H,3-4,7-8,10,12-15H2;1H/t17-,19-,20-;/m0./s1. The minimum Gasteiger partial charge on any atom is -0.392 e. The smallest absolute Gasteiger partial charge is 0.0731 e. The monoisotopic (exact) mass is 364 g/mol. The molecule has 0 spiro atoms. The van der Waals surface area contributed by atoms with Gasteiger partial charge in [-0.25, -0.2) is 0 Å². The lowest BCUT2D eigenvalue weighted by molar-refractivity contribution is -0.0350. The highest BCUT2D eigenvalue weighted by Crippen LogP contribution is 2.28. The van der Waals surface area contributed by atoms with E-state index in [0.717, 1.165) is 39.1 Å². The third kappa shape index (κ3) is 4.20. The van der Waals surface area contributed by atoms with Gasteiger partial charge in [0.15, 0.2) is 0 Å². The largest absolute Gasteiger partial charge is 0.392 e. The average molecular weight is 365 g/mol. The third-order valence-corrected chi connectivity index (χ3v) is 5.68. The van der Waals surface area contributed by atoms with Gasteiger partial charge in [-0.05, 0) is 36.8 Å². The van der Waals surface area contributed by atoms with Crippen molar-refractivity contribution in [2.45, 2.75) is 56.9 Å². The molecule has 0 unspecified atom stereocenters. The fourth-order valence-electron chi connectivity index (χ4n) is 4.40. The highest BCUT2D eigenvalue weighted by molar-refractivity contribution is 5.85. The van der Waals surface area contributed by atoms with Crippen LogP contribution < -0.4 is 0 Å². The molecule has 1 saturated heterocycles. The quantitative estimate of drug-likeness (QED) is 0.882. The Balaban J connectivity index is 0.00000182. The van der Waals surface area contributed by atoms with E-state index >= 15 is 0 Å². The lowest BCUT2D eigenvalue weighted by atomic mass is 9.91. The molecule has 3 atom stereocenters. The van der Waals surface area contributed by atoms with Crippen LogP contribution in [0.4, 0.5) is 0 Å². The molecular formula is C20H29ClN2O2. The summed E-state index contributed by atoms with van der Waals surface area (Å²) in [4.78, 5) is 2.46. The van der Waals surface area contributed by atoms with Gasteiger partial charge in [0.05, 0.1) is 18.8 Å². The van der Waals surface area contributed by atoms with Gasteiger partial charge in [0, 0.05) is 37.4 Å². The molecular weight excluding hydrogens is 336 g/mol. The summed E-state index contributed by atoms with van der Waals surface area (Å²) in [6.07, 6.45) is 8.18. The van der Waals surface area contributed by atoms with Crippen LogP contribution in [0.1, 0.15) is 32.1 Å². The van der Waals surface area contributed by atoms with Crippen molar-refractivity contribution >= 4 is 23.3 Å². The lowest BCUT2D eigenvalue weighted by Crippen LogP contribution is -2.46. The van der Waals surface area contributed by atoms with Crippen LogP contribution in [0.5, 0.6) is 0 Å². The molecule has 2 aromatic rings. The average Bonchev–Trinajstić information content (AvgIpc) is 3.22. The first-order valence-corrected chi connectivity index (χ1v) is 9.39. The molecule has 1 N–H and O–H groups in total. The van der Waals surface area contributed by atoms with Crippen LogP contribution in [0, 0.1) is 0 Å². The first-order valence-electron chi connectivity index (χ1n) is 9.39. The molecule has 5 heteroatoms. The SMILES string of the molecule is Cl.O[C@H]1CCN([C@H]2CCCC[C@@H]2OCCn2ccc3ccccc32)C1. The Kier molecular flexibility index (Phi) is 6.39. The zero-order valence-electron chi connectivity index (χ0n) is 14.7. The minimum absolute atomic E-state index is 0. The zero-order valence-corrected chi connectivity index (χ0v) is 15.5. The zero-order chi connectivity index (χ0) is 16.4. The molecule has 2 fully saturated rings. The van der Waals surface area contributed by atoms with E-state index in [2.05, 4.69) is 46.0 Å². The maximum atomic E-state index is 9.83. The summed E-state index contributed by atoms with van der Waals surface area (Å²) >= 11 is 0. The van der Waals surface area contributed by atoms with Crippen molar-refractivity contribution in [1.29, 1.82) is 0 Å². The Bertz CT molecular complexity index is 675. The third-order valence-electron chi connectivity index (χ3n) is 5.68. The van der Waals surface area contributed by atoms with Crippen molar-refractivity contribution in [2.75, 3.05) is 19.7 Å². The number of nitrogens with zero attached hydrogens (tertiary/aromatic N) is 2. The van der Waals surface area contributed by atoms with Gasteiger partial charge in [-0.15, -0.1) is 12.4 Å². The lowest BCUT2D eigenvalue weighted by Gasteiger charge is -2.37. The number of hydrogen-bond acceptors (Lipinski definition) is 3. The molecule has 1 aliphatic heterocycles. The Labute approximate surface area is 156 Å². The fraction of sp³-hybridized carbons (Fsp3) is 0.600. The molecule has 2 heterocycles. The van der Waals surface area contributed by atoms with Gasteiger partial charge in [0.1, 0.15) is 0 Å². The summed E-state index contributed by atoms with van der Waals surface area (Å²) in [5, 5.41) is 11.1. The van der Waals surface area contributed by atoms with Crippen LogP contribution in [0.2, 0.25) is 0 Å². The van der Waals surface area contributed by atoms with Crippen LogP contribution in [0.15, 0.2) is 36.5 Å². The van der Waals surface area contributed by atoms with E-state index < -0.39 is 0 Å². The van der Waals surface area contributed by atoms with Crippen LogP contribution in [-0.2, 0) is 11.3 Å². The van der Waals surface area contributed by atoms with Gasteiger partial charge in [0.25, 0.3) is 0 Å². The second-order valence-corrected chi connectivity index (χ2v) is 7.27. The van der Waals surface area contributed by atoms with Crippen LogP contribution in [0.3, 0.4) is 0 Å². The molecule has 0 radical (unpaired) electrons. The number of likely N-dealkylation sites (tertiary alicyclic amines) is 1. The van der Waals surface area contributed by atoms with Gasteiger partial charge in [-0.3, -0.25) is 4.90 Å². The number of benzene rings is 1. The molecule has 1 aromatic heterocycles. The maximum Gasteiger partial charge on any atom is 0.0731 e. The fourth-order valence-corrected chi connectivity index (χ4v) is 4.40. The van der Waals surface area contributed by atoms with E-state index in [1.54, 1.807) is 0 Å². The number of ether oxygens (including phenoxy) is 1. The van der Waals surface area contributed by atoms with Gasteiger partial charge < -0.3 is 14.4 Å². The molecule has 1 aromatic carbocycles. The van der Waals surface area contributed by atoms with E-state index in [9.17, 15) is 5.11 Å². The highest BCUT2D eigenvalue weighted by Gasteiger charge is 2.34. The van der Waals surface area contributed by atoms with Crippen molar-refractivity contribution < 1.29 is 9.84 Å². The summed E-state index contributed by atoms with van der Waals surface area (Å²) in [5.74, 6) is 0. The van der Waals surface area contributed by atoms with Crippen molar-refractivity contribution in [3.63, 3.8) is 0 Å². The second-order valence-electron chi connectivity index (χ2n) is 7.27. The minimum atomic E-state index is -0.140. The summed E-state index contributed by atoms with van der Waals surface area (Å²) in [6.45, 7) is 3.51. The number of halogens is 1. The second kappa shape index (κ2) is 8.54. The molecule has 0 bridgehead atoms. The van der Waals surface area contributed by atoms with E-state index in [0.29, 0.717) is 12.1 Å². The molecule has 4 rings (SSSR count). The molecule has 1 aliphatic carbocycles. The number of para-hydroxylation sites is 1.